The van der Waals surface area contributed by atoms with Gasteiger partial charge in [0, 0.05) is 25.4 Å². The molecule has 0 fully saturated rings. The van der Waals surface area contributed by atoms with Crippen LogP contribution in [0.15, 0.2) is 23.1 Å². The van der Waals surface area contributed by atoms with Crippen molar-refractivity contribution in [1.29, 1.82) is 0 Å². The summed E-state index contributed by atoms with van der Waals surface area (Å²) in [6.45, 7) is 5.26. The van der Waals surface area contributed by atoms with E-state index in [4.69, 9.17) is 10.5 Å². The smallest absolute Gasteiger partial charge is 0.242 e. The first-order valence-corrected chi connectivity index (χ1v) is 8.44. The maximum absolute atomic E-state index is 12.2. The standard InChI is InChI=1S/C14H25N3O3S/c1-5-11(2)17(8-9-20-4)13-7-6-12(15)10-14(13)21(18,19)16-3/h6-7,10-11,16H,5,8-9,15H2,1-4H3. The highest BCUT2D eigenvalue weighted by Gasteiger charge is 2.23. The fourth-order valence-electron chi connectivity index (χ4n) is 2.08. The van der Waals surface area contributed by atoms with E-state index in [1.54, 1.807) is 19.2 Å². The van der Waals surface area contributed by atoms with Gasteiger partial charge in [-0.15, -0.1) is 0 Å². The fourth-order valence-corrected chi connectivity index (χ4v) is 3.05. The minimum Gasteiger partial charge on any atom is -0.399 e. The lowest BCUT2D eigenvalue weighted by Crippen LogP contribution is -2.37. The van der Waals surface area contributed by atoms with Gasteiger partial charge < -0.3 is 15.4 Å². The minimum absolute atomic E-state index is 0.189. The van der Waals surface area contributed by atoms with Crippen LogP contribution in [0, 0.1) is 0 Å². The van der Waals surface area contributed by atoms with E-state index in [9.17, 15) is 8.42 Å². The molecule has 0 radical (unpaired) electrons. The van der Waals surface area contributed by atoms with E-state index in [1.807, 2.05) is 4.90 Å². The number of methoxy groups -OCH3 is 1. The Bertz CT molecular complexity index is 561. The minimum atomic E-state index is -3.58. The molecular formula is C14H25N3O3S. The van der Waals surface area contributed by atoms with Gasteiger partial charge in [-0.1, -0.05) is 6.92 Å². The molecule has 7 heteroatoms. The van der Waals surface area contributed by atoms with E-state index in [0.717, 1.165) is 6.42 Å². The molecule has 0 aromatic heterocycles. The zero-order valence-corrected chi connectivity index (χ0v) is 13.9. The SMILES string of the molecule is CCC(C)N(CCOC)c1ccc(N)cc1S(=O)(=O)NC. The number of rotatable bonds is 8. The Hall–Kier alpha value is -1.31. The summed E-state index contributed by atoms with van der Waals surface area (Å²) in [5, 5.41) is 0. The van der Waals surface area contributed by atoms with Crippen LogP contribution in [0.4, 0.5) is 11.4 Å². The molecule has 0 aliphatic rings. The van der Waals surface area contributed by atoms with Crippen LogP contribution < -0.4 is 15.4 Å². The molecular weight excluding hydrogens is 290 g/mol. The van der Waals surface area contributed by atoms with Crippen molar-refractivity contribution in [3.8, 4) is 0 Å². The zero-order valence-electron chi connectivity index (χ0n) is 13.1. The number of sulfonamides is 1. The largest absolute Gasteiger partial charge is 0.399 e. The predicted molar refractivity (Wildman–Crippen MR) is 86.1 cm³/mol. The highest BCUT2D eigenvalue weighted by atomic mass is 32.2. The molecule has 1 atom stereocenters. The summed E-state index contributed by atoms with van der Waals surface area (Å²) < 4.78 is 32.0. The number of benzene rings is 1. The maximum atomic E-state index is 12.2. The van der Waals surface area contributed by atoms with Gasteiger partial charge >= 0.3 is 0 Å². The van der Waals surface area contributed by atoms with Gasteiger partial charge in [0.2, 0.25) is 10.0 Å². The molecule has 21 heavy (non-hydrogen) atoms. The number of hydrogen-bond acceptors (Lipinski definition) is 5. The quantitative estimate of drug-likeness (QED) is 0.709. The van der Waals surface area contributed by atoms with Gasteiger partial charge in [-0.05, 0) is 38.6 Å². The number of hydrogen-bond donors (Lipinski definition) is 2. The normalized spacial score (nSPS) is 13.1. The van der Waals surface area contributed by atoms with E-state index in [1.165, 1.54) is 13.1 Å². The first-order chi connectivity index (χ1) is 9.87. The van der Waals surface area contributed by atoms with Gasteiger partial charge in [-0.2, -0.15) is 0 Å². The first kappa shape index (κ1) is 17.7. The van der Waals surface area contributed by atoms with Crippen LogP contribution in [0.1, 0.15) is 20.3 Å². The van der Waals surface area contributed by atoms with Crippen LogP contribution in [0.25, 0.3) is 0 Å². The van der Waals surface area contributed by atoms with Crippen molar-refractivity contribution in [1.82, 2.24) is 4.72 Å². The molecule has 120 valence electrons. The number of anilines is 2. The molecule has 0 heterocycles. The molecule has 3 N–H and O–H groups in total. The van der Waals surface area contributed by atoms with Gasteiger partial charge in [-0.25, -0.2) is 13.1 Å². The summed E-state index contributed by atoms with van der Waals surface area (Å²) in [6, 6.07) is 5.14. The summed E-state index contributed by atoms with van der Waals surface area (Å²) in [5.41, 5.74) is 6.82. The van der Waals surface area contributed by atoms with E-state index < -0.39 is 10.0 Å². The first-order valence-electron chi connectivity index (χ1n) is 6.96. The van der Waals surface area contributed by atoms with Crippen molar-refractivity contribution in [2.75, 3.05) is 37.9 Å². The molecule has 6 nitrogen and oxygen atoms in total. The Morgan fingerprint density at radius 2 is 2.10 bits per heavy atom. The van der Waals surface area contributed by atoms with Crippen molar-refractivity contribution in [3.63, 3.8) is 0 Å². The van der Waals surface area contributed by atoms with Crippen molar-refractivity contribution in [2.45, 2.75) is 31.2 Å². The molecule has 0 saturated heterocycles. The van der Waals surface area contributed by atoms with Crippen molar-refractivity contribution in [2.24, 2.45) is 0 Å². The lowest BCUT2D eigenvalue weighted by Gasteiger charge is -2.32. The molecule has 0 bridgehead atoms. The number of nitrogens with two attached hydrogens (primary N) is 1. The monoisotopic (exact) mass is 315 g/mol. The highest BCUT2D eigenvalue weighted by molar-refractivity contribution is 7.89. The van der Waals surface area contributed by atoms with E-state index in [-0.39, 0.29) is 10.9 Å². The summed E-state index contributed by atoms with van der Waals surface area (Å²) in [6.07, 6.45) is 0.896. The molecule has 1 rings (SSSR count). The molecule has 1 aromatic rings. The van der Waals surface area contributed by atoms with Crippen LogP contribution in [0.5, 0.6) is 0 Å². The lowest BCUT2D eigenvalue weighted by molar-refractivity contribution is 0.203. The van der Waals surface area contributed by atoms with E-state index >= 15 is 0 Å². The van der Waals surface area contributed by atoms with E-state index in [2.05, 4.69) is 18.6 Å². The summed E-state index contributed by atoms with van der Waals surface area (Å²) in [4.78, 5) is 2.23. The van der Waals surface area contributed by atoms with Crippen LogP contribution in [0.3, 0.4) is 0 Å². The summed E-state index contributed by atoms with van der Waals surface area (Å²) in [5.74, 6) is 0. The van der Waals surface area contributed by atoms with Gasteiger partial charge in [-0.3, -0.25) is 0 Å². The van der Waals surface area contributed by atoms with E-state index in [0.29, 0.717) is 24.5 Å². The molecule has 0 saturated carbocycles. The molecule has 0 spiro atoms. The Kier molecular flexibility index (Phi) is 6.44. The third-order valence-corrected chi connectivity index (χ3v) is 4.95. The predicted octanol–water partition coefficient (Wildman–Crippen LogP) is 1.43. The number of ether oxygens (including phenoxy) is 1. The number of nitrogens with one attached hydrogen (secondary N) is 1. The maximum Gasteiger partial charge on any atom is 0.242 e. The highest BCUT2D eigenvalue weighted by Crippen LogP contribution is 2.29. The Labute approximate surface area is 127 Å². The summed E-state index contributed by atoms with van der Waals surface area (Å²) >= 11 is 0. The summed E-state index contributed by atoms with van der Waals surface area (Å²) in [7, 11) is -0.554. The van der Waals surface area contributed by atoms with Crippen LogP contribution >= 0.6 is 0 Å². The van der Waals surface area contributed by atoms with Crippen molar-refractivity contribution < 1.29 is 13.2 Å². The second-order valence-electron chi connectivity index (χ2n) is 4.88. The third kappa shape index (κ3) is 4.33. The third-order valence-electron chi connectivity index (χ3n) is 3.51. The Morgan fingerprint density at radius 3 is 2.62 bits per heavy atom. The topological polar surface area (TPSA) is 84.7 Å². The average Bonchev–Trinajstić information content (AvgIpc) is 2.48. The second-order valence-corrected chi connectivity index (χ2v) is 6.73. The van der Waals surface area contributed by atoms with Crippen molar-refractivity contribution in [3.05, 3.63) is 18.2 Å². The van der Waals surface area contributed by atoms with Gasteiger partial charge in [0.15, 0.2) is 0 Å². The van der Waals surface area contributed by atoms with Crippen molar-refractivity contribution >= 4 is 21.4 Å². The number of nitrogens with zero attached hydrogens (tertiary/aromatic N) is 1. The van der Waals surface area contributed by atoms with Gasteiger partial charge in [0.05, 0.1) is 12.3 Å². The number of nitrogen functional groups attached to an aromatic ring is 1. The molecule has 0 aliphatic carbocycles. The molecule has 0 amide bonds. The second kappa shape index (κ2) is 7.63. The molecule has 0 aliphatic heterocycles. The Morgan fingerprint density at radius 1 is 1.43 bits per heavy atom. The van der Waals surface area contributed by atoms with Crippen LogP contribution in [-0.4, -0.2) is 41.8 Å². The fraction of sp³-hybridized carbons (Fsp3) is 0.571. The van der Waals surface area contributed by atoms with Crippen LogP contribution in [0.2, 0.25) is 0 Å². The lowest BCUT2D eigenvalue weighted by atomic mass is 10.1. The molecule has 1 unspecified atom stereocenters. The molecule has 1 aromatic carbocycles. The van der Waals surface area contributed by atoms with Crippen LogP contribution in [-0.2, 0) is 14.8 Å². The van der Waals surface area contributed by atoms with Gasteiger partial charge in [0.25, 0.3) is 0 Å². The zero-order chi connectivity index (χ0) is 16.0. The van der Waals surface area contributed by atoms with Gasteiger partial charge in [0.1, 0.15) is 4.90 Å². The Balaban J connectivity index is 3.37. The average molecular weight is 315 g/mol.